The fraction of sp³-hybridized carbons (Fsp3) is 0.158. The van der Waals surface area contributed by atoms with Crippen LogP contribution >= 0.6 is 0 Å². The number of alkyl halides is 3. The van der Waals surface area contributed by atoms with E-state index in [0.29, 0.717) is 5.69 Å². The standard InChI is InChI=1S/C19H17F3N4/c1-13-8-10-14(11-9-13)24-17-16(19(20,21)22)12-23-18(25-17)26(2)15-6-4-3-5-7-15/h3-12H,1-2H3,(H,23,24,25). The lowest BCUT2D eigenvalue weighted by molar-refractivity contribution is -0.137. The predicted molar refractivity (Wildman–Crippen MR) is 96.0 cm³/mol. The smallest absolute Gasteiger partial charge is 0.340 e. The van der Waals surface area contributed by atoms with E-state index in [1.807, 2.05) is 49.4 Å². The van der Waals surface area contributed by atoms with Gasteiger partial charge in [-0.05, 0) is 31.2 Å². The van der Waals surface area contributed by atoms with E-state index in [0.717, 1.165) is 17.4 Å². The van der Waals surface area contributed by atoms with Gasteiger partial charge in [0.25, 0.3) is 0 Å². The van der Waals surface area contributed by atoms with Gasteiger partial charge in [0.2, 0.25) is 5.95 Å². The summed E-state index contributed by atoms with van der Waals surface area (Å²) in [7, 11) is 1.70. The van der Waals surface area contributed by atoms with Crippen molar-refractivity contribution in [3.8, 4) is 0 Å². The summed E-state index contributed by atoms with van der Waals surface area (Å²) in [6.07, 6.45) is -3.75. The van der Waals surface area contributed by atoms with Crippen molar-refractivity contribution in [3.05, 3.63) is 71.9 Å². The van der Waals surface area contributed by atoms with E-state index in [2.05, 4.69) is 15.3 Å². The fourth-order valence-electron chi connectivity index (χ4n) is 2.38. The highest BCUT2D eigenvalue weighted by Crippen LogP contribution is 2.36. The first-order valence-corrected chi connectivity index (χ1v) is 7.91. The Labute approximate surface area is 149 Å². The lowest BCUT2D eigenvalue weighted by Gasteiger charge is -2.20. The third-order valence-electron chi connectivity index (χ3n) is 3.84. The number of aromatic nitrogens is 2. The molecule has 0 spiro atoms. The zero-order valence-electron chi connectivity index (χ0n) is 14.2. The molecular formula is C19H17F3N4. The summed E-state index contributed by atoms with van der Waals surface area (Å²) in [6, 6.07) is 16.2. The number of hydrogen-bond acceptors (Lipinski definition) is 4. The monoisotopic (exact) mass is 358 g/mol. The summed E-state index contributed by atoms with van der Waals surface area (Å²) < 4.78 is 40.0. The van der Waals surface area contributed by atoms with Crippen LogP contribution in [0.5, 0.6) is 0 Å². The molecule has 0 radical (unpaired) electrons. The zero-order chi connectivity index (χ0) is 18.7. The van der Waals surface area contributed by atoms with Gasteiger partial charge in [0.15, 0.2) is 0 Å². The Morgan fingerprint density at radius 2 is 1.62 bits per heavy atom. The maximum Gasteiger partial charge on any atom is 0.421 e. The summed E-state index contributed by atoms with van der Waals surface area (Å²) in [5.41, 5.74) is 1.39. The molecule has 134 valence electrons. The van der Waals surface area contributed by atoms with E-state index in [4.69, 9.17) is 0 Å². The van der Waals surface area contributed by atoms with Crippen molar-refractivity contribution in [2.45, 2.75) is 13.1 Å². The molecule has 1 heterocycles. The minimum atomic E-state index is -4.56. The minimum absolute atomic E-state index is 0.166. The summed E-state index contributed by atoms with van der Waals surface area (Å²) in [5.74, 6) is -0.118. The lowest BCUT2D eigenvalue weighted by Crippen LogP contribution is -2.17. The molecule has 2 aromatic carbocycles. The molecule has 3 aromatic rings. The Morgan fingerprint density at radius 1 is 0.962 bits per heavy atom. The van der Waals surface area contributed by atoms with Crippen molar-refractivity contribution < 1.29 is 13.2 Å². The number of aryl methyl sites for hydroxylation is 1. The average Bonchev–Trinajstić information content (AvgIpc) is 2.63. The van der Waals surface area contributed by atoms with Crippen molar-refractivity contribution in [2.75, 3.05) is 17.3 Å². The molecule has 0 aliphatic carbocycles. The van der Waals surface area contributed by atoms with Gasteiger partial charge < -0.3 is 10.2 Å². The molecule has 0 unspecified atom stereocenters. The number of para-hydroxylation sites is 1. The van der Waals surface area contributed by atoms with Crippen molar-refractivity contribution in [2.24, 2.45) is 0 Å². The van der Waals surface area contributed by atoms with Crippen LogP contribution in [0.25, 0.3) is 0 Å². The summed E-state index contributed by atoms with van der Waals surface area (Å²) in [5, 5.41) is 2.76. The summed E-state index contributed by atoms with van der Waals surface area (Å²) in [4.78, 5) is 9.64. The van der Waals surface area contributed by atoms with Gasteiger partial charge in [0.1, 0.15) is 11.4 Å². The second-order valence-corrected chi connectivity index (χ2v) is 5.82. The first-order valence-electron chi connectivity index (χ1n) is 7.91. The Bertz CT molecular complexity index is 878. The van der Waals surface area contributed by atoms with Crippen LogP contribution in [0.3, 0.4) is 0 Å². The van der Waals surface area contributed by atoms with Crippen LogP contribution in [0, 0.1) is 6.92 Å². The Balaban J connectivity index is 2.00. The molecule has 0 atom stereocenters. The van der Waals surface area contributed by atoms with Gasteiger partial charge >= 0.3 is 6.18 Å². The van der Waals surface area contributed by atoms with Gasteiger partial charge in [-0.3, -0.25) is 0 Å². The molecule has 0 aliphatic heterocycles. The molecule has 1 N–H and O–H groups in total. The highest BCUT2D eigenvalue weighted by atomic mass is 19.4. The molecule has 0 bridgehead atoms. The second kappa shape index (κ2) is 7.03. The number of hydrogen-bond donors (Lipinski definition) is 1. The normalized spacial score (nSPS) is 11.3. The average molecular weight is 358 g/mol. The molecule has 0 saturated heterocycles. The minimum Gasteiger partial charge on any atom is -0.340 e. The molecule has 26 heavy (non-hydrogen) atoms. The maximum atomic E-state index is 13.3. The second-order valence-electron chi connectivity index (χ2n) is 5.82. The molecule has 0 amide bonds. The molecule has 3 rings (SSSR count). The van der Waals surface area contributed by atoms with Gasteiger partial charge in [-0.2, -0.15) is 18.2 Å². The van der Waals surface area contributed by atoms with E-state index in [1.165, 1.54) is 0 Å². The summed E-state index contributed by atoms with van der Waals surface area (Å²) >= 11 is 0. The molecular weight excluding hydrogens is 341 g/mol. The van der Waals surface area contributed by atoms with Gasteiger partial charge in [0.05, 0.1) is 0 Å². The van der Waals surface area contributed by atoms with Crippen LogP contribution in [0.4, 0.5) is 36.3 Å². The van der Waals surface area contributed by atoms with Crippen LogP contribution in [0.1, 0.15) is 11.1 Å². The molecule has 7 heteroatoms. The van der Waals surface area contributed by atoms with Crippen LogP contribution in [-0.4, -0.2) is 17.0 Å². The topological polar surface area (TPSA) is 41.1 Å². The van der Waals surface area contributed by atoms with Crippen LogP contribution in [0.15, 0.2) is 60.8 Å². The van der Waals surface area contributed by atoms with E-state index in [1.54, 1.807) is 24.1 Å². The van der Waals surface area contributed by atoms with E-state index >= 15 is 0 Å². The number of rotatable bonds is 4. The van der Waals surface area contributed by atoms with Crippen molar-refractivity contribution in [3.63, 3.8) is 0 Å². The van der Waals surface area contributed by atoms with Crippen LogP contribution in [-0.2, 0) is 6.18 Å². The Morgan fingerprint density at radius 3 is 2.23 bits per heavy atom. The molecule has 0 aliphatic rings. The van der Waals surface area contributed by atoms with Crippen LogP contribution in [0.2, 0.25) is 0 Å². The van der Waals surface area contributed by atoms with Crippen molar-refractivity contribution in [1.29, 1.82) is 0 Å². The maximum absolute atomic E-state index is 13.3. The number of nitrogens with one attached hydrogen (secondary N) is 1. The first kappa shape index (κ1) is 17.7. The Kier molecular flexibility index (Phi) is 4.79. The number of nitrogens with zero attached hydrogens (tertiary/aromatic N) is 3. The number of anilines is 4. The Hall–Kier alpha value is -3.09. The largest absolute Gasteiger partial charge is 0.421 e. The highest BCUT2D eigenvalue weighted by molar-refractivity contribution is 5.63. The number of halogens is 3. The van der Waals surface area contributed by atoms with E-state index < -0.39 is 11.7 Å². The van der Waals surface area contributed by atoms with Crippen molar-refractivity contribution >= 4 is 23.1 Å². The van der Waals surface area contributed by atoms with Crippen molar-refractivity contribution in [1.82, 2.24) is 9.97 Å². The van der Waals surface area contributed by atoms with E-state index in [-0.39, 0.29) is 11.8 Å². The number of benzene rings is 2. The SMILES string of the molecule is Cc1ccc(Nc2nc(N(C)c3ccccc3)ncc2C(F)(F)F)cc1. The van der Waals surface area contributed by atoms with Gasteiger partial charge in [0, 0.05) is 24.6 Å². The fourth-order valence-corrected chi connectivity index (χ4v) is 2.38. The predicted octanol–water partition coefficient (Wildman–Crippen LogP) is 5.32. The lowest BCUT2D eigenvalue weighted by atomic mass is 10.2. The van der Waals surface area contributed by atoms with Gasteiger partial charge in [-0.15, -0.1) is 0 Å². The molecule has 4 nitrogen and oxygen atoms in total. The first-order chi connectivity index (χ1) is 12.3. The molecule has 0 fully saturated rings. The summed E-state index contributed by atoms with van der Waals surface area (Å²) in [6.45, 7) is 1.91. The van der Waals surface area contributed by atoms with Gasteiger partial charge in [-0.25, -0.2) is 4.98 Å². The van der Waals surface area contributed by atoms with E-state index in [9.17, 15) is 13.2 Å². The highest BCUT2D eigenvalue weighted by Gasteiger charge is 2.35. The zero-order valence-corrected chi connectivity index (χ0v) is 14.2. The molecule has 0 saturated carbocycles. The quantitative estimate of drug-likeness (QED) is 0.686. The third-order valence-corrected chi connectivity index (χ3v) is 3.84. The van der Waals surface area contributed by atoms with Crippen LogP contribution < -0.4 is 10.2 Å². The molecule has 1 aromatic heterocycles. The van der Waals surface area contributed by atoms with Gasteiger partial charge in [-0.1, -0.05) is 35.9 Å². The third kappa shape index (κ3) is 3.93.